The molecule has 1 N–H and O–H groups in total. The van der Waals surface area contributed by atoms with Crippen LogP contribution in [0.1, 0.15) is 36.9 Å². The third kappa shape index (κ3) is 3.70. The van der Waals surface area contributed by atoms with E-state index in [1.165, 1.54) is 0 Å². The van der Waals surface area contributed by atoms with Gasteiger partial charge in [0.05, 0.1) is 22.5 Å². The second-order valence-electron chi connectivity index (χ2n) is 4.76. The fraction of sp³-hybridized carbons (Fsp3) is 0.400. The molecular weight excluding hydrogens is 419 g/mol. The summed E-state index contributed by atoms with van der Waals surface area (Å²) in [6.45, 7) is 4.79. The van der Waals surface area contributed by atoms with Gasteiger partial charge in [0, 0.05) is 21.9 Å². The Morgan fingerprint density at radius 3 is 2.62 bits per heavy atom. The van der Waals surface area contributed by atoms with Crippen LogP contribution in [0.3, 0.4) is 0 Å². The highest BCUT2D eigenvalue weighted by atomic mass is 79.9. The fourth-order valence-electron chi connectivity index (χ4n) is 2.28. The molecule has 2 aromatic rings. The molecular formula is C15H17Br2ClN2O. The van der Waals surface area contributed by atoms with Crippen LogP contribution in [0.2, 0.25) is 5.02 Å². The summed E-state index contributed by atoms with van der Waals surface area (Å²) in [5.74, 6) is 0. The van der Waals surface area contributed by atoms with Crippen molar-refractivity contribution in [2.45, 2.75) is 39.3 Å². The minimum absolute atomic E-state index is 0.444. The predicted octanol–water partition coefficient (Wildman–Crippen LogP) is 4.92. The van der Waals surface area contributed by atoms with Crippen molar-refractivity contribution in [1.82, 2.24) is 9.78 Å². The third-order valence-corrected chi connectivity index (χ3v) is 5.02. The number of nitrogens with zero attached hydrogens (tertiary/aromatic N) is 2. The highest BCUT2D eigenvalue weighted by Gasteiger charge is 2.20. The van der Waals surface area contributed by atoms with Crippen molar-refractivity contribution >= 4 is 43.5 Å². The van der Waals surface area contributed by atoms with Gasteiger partial charge < -0.3 is 5.11 Å². The van der Waals surface area contributed by atoms with Crippen molar-refractivity contribution in [2.75, 3.05) is 0 Å². The molecule has 0 aliphatic rings. The third-order valence-electron chi connectivity index (χ3n) is 3.40. The number of aliphatic hydroxyl groups excluding tert-OH is 1. The zero-order chi connectivity index (χ0) is 15.6. The lowest BCUT2D eigenvalue weighted by molar-refractivity contribution is 0.174. The molecule has 1 heterocycles. The molecule has 3 nitrogen and oxygen atoms in total. The lowest BCUT2D eigenvalue weighted by Gasteiger charge is -2.14. The van der Waals surface area contributed by atoms with Crippen molar-refractivity contribution in [2.24, 2.45) is 0 Å². The molecule has 1 atom stereocenters. The van der Waals surface area contributed by atoms with Gasteiger partial charge in [-0.25, -0.2) is 0 Å². The van der Waals surface area contributed by atoms with Crippen LogP contribution in [0.15, 0.2) is 27.1 Å². The maximum absolute atomic E-state index is 10.5. The summed E-state index contributed by atoms with van der Waals surface area (Å²) >= 11 is 13.3. The van der Waals surface area contributed by atoms with Gasteiger partial charge in [-0.15, -0.1) is 0 Å². The molecule has 2 rings (SSSR count). The van der Waals surface area contributed by atoms with Crippen LogP contribution >= 0.6 is 43.5 Å². The molecule has 0 bridgehead atoms. The molecule has 0 saturated heterocycles. The standard InChI is InChI=1S/C15H17Br2ClN2O/c1-3-12-15(18)13(20(4-2)19-12)8-14(21)10-6-5-9(16)7-11(10)17/h5-7,14,21H,3-4,8H2,1-2H3. The van der Waals surface area contributed by atoms with Crippen LogP contribution < -0.4 is 0 Å². The molecule has 0 amide bonds. The highest BCUT2D eigenvalue weighted by Crippen LogP contribution is 2.31. The van der Waals surface area contributed by atoms with E-state index in [1.807, 2.05) is 36.7 Å². The number of benzene rings is 1. The average molecular weight is 437 g/mol. The van der Waals surface area contributed by atoms with Crippen molar-refractivity contribution in [3.8, 4) is 0 Å². The number of rotatable bonds is 5. The highest BCUT2D eigenvalue weighted by molar-refractivity contribution is 9.11. The maximum Gasteiger partial charge on any atom is 0.0856 e. The van der Waals surface area contributed by atoms with E-state index in [2.05, 4.69) is 37.0 Å². The largest absolute Gasteiger partial charge is 0.388 e. The van der Waals surface area contributed by atoms with Gasteiger partial charge in [-0.05, 0) is 31.0 Å². The first kappa shape index (κ1) is 17.0. The molecule has 0 spiro atoms. The Morgan fingerprint density at radius 1 is 1.33 bits per heavy atom. The van der Waals surface area contributed by atoms with E-state index in [4.69, 9.17) is 11.6 Å². The quantitative estimate of drug-likeness (QED) is 0.723. The Labute approximate surface area is 146 Å². The van der Waals surface area contributed by atoms with Gasteiger partial charge in [-0.3, -0.25) is 4.68 Å². The first-order valence-electron chi connectivity index (χ1n) is 6.84. The Hall–Kier alpha value is -0.360. The number of hydrogen-bond donors (Lipinski definition) is 1. The first-order valence-corrected chi connectivity index (χ1v) is 8.81. The Bertz CT molecular complexity index is 643. The monoisotopic (exact) mass is 434 g/mol. The second kappa shape index (κ2) is 7.27. The zero-order valence-electron chi connectivity index (χ0n) is 11.9. The van der Waals surface area contributed by atoms with E-state index in [0.717, 1.165) is 38.9 Å². The molecule has 6 heteroatoms. The van der Waals surface area contributed by atoms with Crippen LogP contribution in [-0.2, 0) is 19.4 Å². The van der Waals surface area contributed by atoms with Gasteiger partial charge in [0.15, 0.2) is 0 Å². The van der Waals surface area contributed by atoms with Gasteiger partial charge in [-0.2, -0.15) is 5.10 Å². The van der Waals surface area contributed by atoms with E-state index >= 15 is 0 Å². The number of aliphatic hydroxyl groups is 1. The lowest BCUT2D eigenvalue weighted by atomic mass is 10.0. The summed E-state index contributed by atoms with van der Waals surface area (Å²) in [4.78, 5) is 0. The van der Waals surface area contributed by atoms with E-state index in [1.54, 1.807) is 0 Å². The van der Waals surface area contributed by atoms with Gasteiger partial charge in [-0.1, -0.05) is 56.5 Å². The molecule has 21 heavy (non-hydrogen) atoms. The van der Waals surface area contributed by atoms with Crippen LogP contribution in [-0.4, -0.2) is 14.9 Å². The van der Waals surface area contributed by atoms with Crippen LogP contribution in [0.25, 0.3) is 0 Å². The molecule has 1 unspecified atom stereocenters. The van der Waals surface area contributed by atoms with Crippen LogP contribution in [0.5, 0.6) is 0 Å². The maximum atomic E-state index is 10.5. The Morgan fingerprint density at radius 2 is 2.05 bits per heavy atom. The van der Waals surface area contributed by atoms with E-state index in [0.29, 0.717) is 11.4 Å². The molecule has 0 saturated carbocycles. The zero-order valence-corrected chi connectivity index (χ0v) is 15.8. The summed E-state index contributed by atoms with van der Waals surface area (Å²) in [6.07, 6.45) is 0.605. The van der Waals surface area contributed by atoms with Crippen molar-refractivity contribution in [3.63, 3.8) is 0 Å². The molecule has 1 aromatic heterocycles. The van der Waals surface area contributed by atoms with Gasteiger partial charge in [0.1, 0.15) is 0 Å². The summed E-state index contributed by atoms with van der Waals surface area (Å²) in [5, 5.41) is 15.7. The Balaban J connectivity index is 2.31. The molecule has 0 fully saturated rings. The number of aryl methyl sites for hydroxylation is 2. The average Bonchev–Trinajstić information content (AvgIpc) is 2.75. The van der Waals surface area contributed by atoms with Gasteiger partial charge in [0.2, 0.25) is 0 Å². The van der Waals surface area contributed by atoms with Gasteiger partial charge >= 0.3 is 0 Å². The van der Waals surface area contributed by atoms with Gasteiger partial charge in [0.25, 0.3) is 0 Å². The van der Waals surface area contributed by atoms with E-state index < -0.39 is 6.10 Å². The van der Waals surface area contributed by atoms with Crippen molar-refractivity contribution < 1.29 is 5.11 Å². The van der Waals surface area contributed by atoms with Crippen LogP contribution in [0, 0.1) is 0 Å². The summed E-state index contributed by atoms with van der Waals surface area (Å²) in [7, 11) is 0. The summed E-state index contributed by atoms with van der Waals surface area (Å²) < 4.78 is 3.71. The van der Waals surface area contributed by atoms with Crippen molar-refractivity contribution in [3.05, 3.63) is 49.1 Å². The topological polar surface area (TPSA) is 38.0 Å². The molecule has 114 valence electrons. The number of hydrogen-bond acceptors (Lipinski definition) is 2. The van der Waals surface area contributed by atoms with E-state index in [-0.39, 0.29) is 0 Å². The summed E-state index contributed by atoms with van der Waals surface area (Å²) in [5.41, 5.74) is 2.62. The SMILES string of the molecule is CCc1nn(CC)c(CC(O)c2ccc(Br)cc2Br)c1Cl. The molecule has 0 radical (unpaired) electrons. The second-order valence-corrected chi connectivity index (χ2v) is 6.91. The minimum atomic E-state index is -0.628. The molecule has 0 aliphatic heterocycles. The smallest absolute Gasteiger partial charge is 0.0856 e. The fourth-order valence-corrected chi connectivity index (χ4v) is 3.93. The van der Waals surface area contributed by atoms with Crippen molar-refractivity contribution in [1.29, 1.82) is 0 Å². The normalized spacial score (nSPS) is 12.7. The molecule has 0 aliphatic carbocycles. The Kier molecular flexibility index (Phi) is 5.88. The first-order chi connectivity index (χ1) is 9.97. The predicted molar refractivity (Wildman–Crippen MR) is 92.8 cm³/mol. The summed E-state index contributed by atoms with van der Waals surface area (Å²) in [6, 6.07) is 5.74. The number of halogens is 3. The molecule has 1 aromatic carbocycles. The lowest BCUT2D eigenvalue weighted by Crippen LogP contribution is -2.09. The van der Waals surface area contributed by atoms with E-state index in [9.17, 15) is 5.11 Å². The van der Waals surface area contributed by atoms with Crippen LogP contribution in [0.4, 0.5) is 0 Å². The minimum Gasteiger partial charge on any atom is -0.388 e. The number of aromatic nitrogens is 2.